The van der Waals surface area contributed by atoms with Crippen LogP contribution in [0.1, 0.15) is 12.5 Å². The van der Waals surface area contributed by atoms with Gasteiger partial charge in [-0.05, 0) is 25.1 Å². The number of sulfone groups is 1. The summed E-state index contributed by atoms with van der Waals surface area (Å²) in [5.74, 6) is -0.190. The first-order valence-corrected chi connectivity index (χ1v) is 10.0. The minimum Gasteiger partial charge on any atom is -0.296 e. The highest BCUT2D eigenvalue weighted by Gasteiger charge is 2.31. The van der Waals surface area contributed by atoms with E-state index in [-0.39, 0.29) is 5.82 Å². The van der Waals surface area contributed by atoms with Crippen molar-refractivity contribution in [2.45, 2.75) is 23.7 Å². The molecule has 0 bridgehead atoms. The lowest BCUT2D eigenvalue weighted by Gasteiger charge is -2.37. The Labute approximate surface area is 148 Å². The van der Waals surface area contributed by atoms with Crippen LogP contribution >= 0.6 is 0 Å². The second-order valence-electron chi connectivity index (χ2n) is 6.36. The van der Waals surface area contributed by atoms with Gasteiger partial charge in [-0.25, -0.2) is 12.8 Å². The number of hydrogen-bond donors (Lipinski definition) is 0. The minimum absolute atomic E-state index is 0.190. The van der Waals surface area contributed by atoms with E-state index in [9.17, 15) is 12.8 Å². The van der Waals surface area contributed by atoms with Crippen molar-refractivity contribution in [1.29, 1.82) is 0 Å². The molecule has 0 spiro atoms. The monoisotopic (exact) mass is 362 g/mol. The molecular formula is C19H23FN2O2S. The fourth-order valence-corrected chi connectivity index (χ4v) is 4.69. The standard InChI is InChI=1S/C19H23FN2O2S/c1-16(25(23,24)18-8-3-2-4-9-18)22-13-11-21(12-14-22)15-17-7-5-6-10-19(17)20/h2-10,16H,11-15H2,1H3. The van der Waals surface area contributed by atoms with E-state index in [1.165, 1.54) is 6.07 Å². The Bertz CT molecular complexity index is 803. The van der Waals surface area contributed by atoms with E-state index in [2.05, 4.69) is 4.90 Å². The molecule has 1 fully saturated rings. The summed E-state index contributed by atoms with van der Waals surface area (Å²) in [5.41, 5.74) is 0.681. The van der Waals surface area contributed by atoms with Crippen molar-refractivity contribution in [2.75, 3.05) is 26.2 Å². The van der Waals surface area contributed by atoms with Gasteiger partial charge in [0.05, 0.1) is 4.90 Å². The Kier molecular flexibility index (Phi) is 5.51. The fourth-order valence-electron chi connectivity index (χ4n) is 3.16. The number of rotatable bonds is 5. The maximum absolute atomic E-state index is 13.8. The van der Waals surface area contributed by atoms with Gasteiger partial charge >= 0.3 is 0 Å². The molecule has 0 radical (unpaired) electrons. The molecule has 1 aliphatic rings. The predicted octanol–water partition coefficient (Wildman–Crippen LogP) is 2.76. The molecule has 0 saturated carbocycles. The second kappa shape index (κ2) is 7.64. The molecule has 25 heavy (non-hydrogen) atoms. The predicted molar refractivity (Wildman–Crippen MR) is 96.3 cm³/mol. The Hall–Kier alpha value is -1.76. The number of hydrogen-bond acceptors (Lipinski definition) is 4. The molecule has 1 heterocycles. The third-order valence-corrected chi connectivity index (χ3v) is 6.92. The Morgan fingerprint density at radius 2 is 1.56 bits per heavy atom. The SMILES string of the molecule is CC(N1CCN(Cc2ccccc2F)CC1)S(=O)(=O)c1ccccc1. The molecule has 1 atom stereocenters. The molecule has 0 aromatic heterocycles. The van der Waals surface area contributed by atoms with Crippen LogP contribution < -0.4 is 0 Å². The molecule has 0 aliphatic carbocycles. The fraction of sp³-hybridized carbons (Fsp3) is 0.368. The maximum atomic E-state index is 13.8. The van der Waals surface area contributed by atoms with Crippen LogP contribution in [0.4, 0.5) is 4.39 Å². The largest absolute Gasteiger partial charge is 0.296 e. The lowest BCUT2D eigenvalue weighted by atomic mass is 10.2. The highest BCUT2D eigenvalue weighted by molar-refractivity contribution is 7.92. The topological polar surface area (TPSA) is 40.6 Å². The molecule has 0 N–H and O–H groups in total. The molecule has 134 valence electrons. The van der Waals surface area contributed by atoms with E-state index in [4.69, 9.17) is 0 Å². The van der Waals surface area contributed by atoms with Crippen LogP contribution in [0.3, 0.4) is 0 Å². The molecular weight excluding hydrogens is 339 g/mol. The van der Waals surface area contributed by atoms with E-state index < -0.39 is 15.2 Å². The normalized spacial score (nSPS) is 18.2. The smallest absolute Gasteiger partial charge is 0.194 e. The van der Waals surface area contributed by atoms with Crippen molar-refractivity contribution >= 4 is 9.84 Å². The van der Waals surface area contributed by atoms with Crippen LogP contribution in [-0.4, -0.2) is 49.8 Å². The zero-order valence-electron chi connectivity index (χ0n) is 14.3. The zero-order valence-corrected chi connectivity index (χ0v) is 15.1. The van der Waals surface area contributed by atoms with Gasteiger partial charge in [0.15, 0.2) is 9.84 Å². The molecule has 1 aliphatic heterocycles. The van der Waals surface area contributed by atoms with Crippen LogP contribution in [0, 0.1) is 5.82 Å². The van der Waals surface area contributed by atoms with Gasteiger partial charge in [-0.3, -0.25) is 9.80 Å². The number of piperazine rings is 1. The summed E-state index contributed by atoms with van der Waals surface area (Å²) in [4.78, 5) is 4.51. The first-order valence-electron chi connectivity index (χ1n) is 8.47. The highest BCUT2D eigenvalue weighted by atomic mass is 32.2. The van der Waals surface area contributed by atoms with E-state index in [1.54, 1.807) is 43.3 Å². The van der Waals surface area contributed by atoms with Crippen LogP contribution in [0.25, 0.3) is 0 Å². The van der Waals surface area contributed by atoms with Gasteiger partial charge in [-0.15, -0.1) is 0 Å². The average Bonchev–Trinajstić information content (AvgIpc) is 2.64. The lowest BCUT2D eigenvalue weighted by molar-refractivity contribution is 0.119. The van der Waals surface area contributed by atoms with Crippen molar-refractivity contribution < 1.29 is 12.8 Å². The van der Waals surface area contributed by atoms with Gasteiger partial charge in [0.1, 0.15) is 11.2 Å². The summed E-state index contributed by atoms with van der Waals surface area (Å²) in [6.07, 6.45) is 0. The first-order chi connectivity index (χ1) is 12.0. The molecule has 1 unspecified atom stereocenters. The Morgan fingerprint density at radius 3 is 2.20 bits per heavy atom. The van der Waals surface area contributed by atoms with E-state index in [0.717, 1.165) is 13.1 Å². The van der Waals surface area contributed by atoms with Crippen LogP contribution in [0.15, 0.2) is 59.5 Å². The maximum Gasteiger partial charge on any atom is 0.194 e. The zero-order chi connectivity index (χ0) is 17.9. The van der Waals surface area contributed by atoms with Gasteiger partial charge in [0.2, 0.25) is 0 Å². The Balaban J connectivity index is 1.61. The summed E-state index contributed by atoms with van der Waals surface area (Å²) in [7, 11) is -3.37. The summed E-state index contributed by atoms with van der Waals surface area (Å²) >= 11 is 0. The summed E-state index contributed by atoms with van der Waals surface area (Å²) in [6, 6.07) is 15.4. The van der Waals surface area contributed by atoms with E-state index in [1.807, 2.05) is 17.0 Å². The van der Waals surface area contributed by atoms with Gasteiger partial charge in [-0.1, -0.05) is 36.4 Å². The van der Waals surface area contributed by atoms with Crippen molar-refractivity contribution in [1.82, 2.24) is 9.80 Å². The molecule has 1 saturated heterocycles. The van der Waals surface area contributed by atoms with Crippen LogP contribution in [0.2, 0.25) is 0 Å². The lowest BCUT2D eigenvalue weighted by Crippen LogP contribution is -2.51. The number of benzene rings is 2. The van der Waals surface area contributed by atoms with Gasteiger partial charge in [0, 0.05) is 38.3 Å². The van der Waals surface area contributed by atoms with Crippen molar-refractivity contribution in [2.24, 2.45) is 0 Å². The van der Waals surface area contributed by atoms with Crippen molar-refractivity contribution in [3.63, 3.8) is 0 Å². The number of nitrogens with zero attached hydrogens (tertiary/aromatic N) is 2. The van der Waals surface area contributed by atoms with Crippen LogP contribution in [-0.2, 0) is 16.4 Å². The number of halogens is 1. The molecule has 0 amide bonds. The van der Waals surface area contributed by atoms with Gasteiger partial charge in [0.25, 0.3) is 0 Å². The second-order valence-corrected chi connectivity index (χ2v) is 8.60. The molecule has 2 aromatic carbocycles. The summed E-state index contributed by atoms with van der Waals surface area (Å²) < 4.78 is 39.3. The van der Waals surface area contributed by atoms with Gasteiger partial charge < -0.3 is 0 Å². The highest BCUT2D eigenvalue weighted by Crippen LogP contribution is 2.20. The van der Waals surface area contributed by atoms with E-state index >= 15 is 0 Å². The first kappa shape index (κ1) is 18.0. The summed E-state index contributed by atoms with van der Waals surface area (Å²) in [5, 5.41) is -0.564. The van der Waals surface area contributed by atoms with E-state index in [0.29, 0.717) is 30.1 Å². The molecule has 2 aromatic rings. The molecule has 6 heteroatoms. The average molecular weight is 362 g/mol. The molecule has 4 nitrogen and oxygen atoms in total. The molecule has 3 rings (SSSR count). The van der Waals surface area contributed by atoms with Crippen LogP contribution in [0.5, 0.6) is 0 Å². The quantitative estimate of drug-likeness (QED) is 0.820. The summed E-state index contributed by atoms with van der Waals surface area (Å²) in [6.45, 7) is 5.06. The Morgan fingerprint density at radius 1 is 0.960 bits per heavy atom. The van der Waals surface area contributed by atoms with Crippen molar-refractivity contribution in [3.8, 4) is 0 Å². The van der Waals surface area contributed by atoms with Crippen molar-refractivity contribution in [3.05, 3.63) is 66.0 Å². The van der Waals surface area contributed by atoms with Gasteiger partial charge in [-0.2, -0.15) is 0 Å². The third kappa shape index (κ3) is 4.08. The third-order valence-electron chi connectivity index (χ3n) is 4.79. The minimum atomic E-state index is -3.37.